The zero-order valence-corrected chi connectivity index (χ0v) is 25.1. The number of hydrogen-bond acceptors (Lipinski definition) is 7. The van der Waals surface area contributed by atoms with Crippen LogP contribution in [0.5, 0.6) is 0 Å². The van der Waals surface area contributed by atoms with Gasteiger partial charge in [0.1, 0.15) is 11.9 Å². The zero-order chi connectivity index (χ0) is 29.1. The summed E-state index contributed by atoms with van der Waals surface area (Å²) in [5.41, 5.74) is 3.81. The Labute approximate surface area is 257 Å². The van der Waals surface area contributed by atoms with Gasteiger partial charge in [0.05, 0.1) is 41.1 Å². The van der Waals surface area contributed by atoms with Crippen molar-refractivity contribution in [2.75, 3.05) is 39.5 Å². The number of halogens is 2. The molecule has 1 unspecified atom stereocenters. The Hall–Kier alpha value is -3.23. The molecular weight excluding hydrogens is 571 g/mol. The normalized spacial score (nSPS) is 17.5. The number of aryl methyl sites for hydroxylation is 1. The Bertz CT molecular complexity index is 1390. The highest BCUT2D eigenvalue weighted by atomic mass is 35.5. The van der Waals surface area contributed by atoms with Gasteiger partial charge in [-0.15, -0.1) is 0 Å². The number of aliphatic imine (C=N–C) groups is 1. The number of ether oxygens (including phenoxy) is 2. The lowest BCUT2D eigenvalue weighted by atomic mass is 9.95. The third kappa shape index (κ3) is 8.19. The van der Waals surface area contributed by atoms with Crippen LogP contribution in [0, 0.1) is 0 Å². The Morgan fingerprint density at radius 1 is 0.952 bits per heavy atom. The number of benzene rings is 2. The smallest absolute Gasteiger partial charge is 0.338 e. The summed E-state index contributed by atoms with van der Waals surface area (Å²) >= 11 is 12.7. The average Bonchev–Trinajstić information content (AvgIpc) is 3.03. The molecule has 0 radical (unpaired) electrons. The van der Waals surface area contributed by atoms with Crippen LogP contribution in [-0.2, 0) is 20.7 Å². The summed E-state index contributed by atoms with van der Waals surface area (Å²) < 4.78 is 12.0. The lowest BCUT2D eigenvalue weighted by molar-refractivity contribution is -0.139. The number of aromatic nitrogens is 1. The molecule has 9 heteroatoms. The zero-order valence-electron chi connectivity index (χ0n) is 23.6. The Balaban J connectivity index is 1.39. The number of nitrogens with zero attached hydrogens (tertiary/aromatic N) is 3. The maximum Gasteiger partial charge on any atom is 0.338 e. The monoisotopic (exact) mass is 606 g/mol. The topological polar surface area (TPSA) is 76.1 Å². The molecule has 0 saturated carbocycles. The molecule has 2 aliphatic heterocycles. The molecule has 1 aromatic heterocycles. The van der Waals surface area contributed by atoms with Gasteiger partial charge in [0.25, 0.3) is 0 Å². The van der Waals surface area contributed by atoms with E-state index >= 15 is 0 Å². The van der Waals surface area contributed by atoms with Crippen molar-refractivity contribution in [1.29, 1.82) is 0 Å². The van der Waals surface area contributed by atoms with Gasteiger partial charge < -0.3 is 19.7 Å². The molecule has 3 heterocycles. The van der Waals surface area contributed by atoms with E-state index in [4.69, 9.17) is 37.7 Å². The van der Waals surface area contributed by atoms with E-state index in [0.29, 0.717) is 40.2 Å². The van der Waals surface area contributed by atoms with Gasteiger partial charge >= 0.3 is 5.97 Å². The van der Waals surface area contributed by atoms with Crippen LogP contribution in [0.4, 0.5) is 0 Å². The van der Waals surface area contributed by atoms with Crippen molar-refractivity contribution in [3.05, 3.63) is 111 Å². The second-order valence-electron chi connectivity index (χ2n) is 10.5. The molecule has 7 nitrogen and oxygen atoms in total. The molecule has 220 valence electrons. The molecule has 1 atom stereocenters. The number of pyridine rings is 1. The predicted octanol–water partition coefficient (Wildman–Crippen LogP) is 6.41. The van der Waals surface area contributed by atoms with E-state index in [0.717, 1.165) is 37.2 Å². The van der Waals surface area contributed by atoms with Gasteiger partial charge in [-0.25, -0.2) is 4.79 Å². The lowest BCUT2D eigenvalue weighted by Crippen LogP contribution is -2.37. The predicted molar refractivity (Wildman–Crippen MR) is 167 cm³/mol. The minimum absolute atomic E-state index is 0.213. The van der Waals surface area contributed by atoms with Gasteiger partial charge in [-0.05, 0) is 74.2 Å². The number of likely N-dealkylation sites (tertiary alicyclic amines) is 1. The van der Waals surface area contributed by atoms with Crippen LogP contribution >= 0.6 is 23.2 Å². The fourth-order valence-corrected chi connectivity index (χ4v) is 5.55. The standard InChI is InChI=1S/C33H36Cl2N4O3/c34-27-12-11-26(22-28(27)35)31-30(33(40)42-20-7-10-24-8-3-1-4-9-24)29(23-41-21-19-39-17-5-2-6-18-39)37-32(38-31)25-13-15-36-16-14-25/h1,3-4,8-9,11-16,22,31H,2,5-7,10,17-21,23H2,(H,37,38). The van der Waals surface area contributed by atoms with Crippen LogP contribution in [0.2, 0.25) is 10.0 Å². The largest absolute Gasteiger partial charge is 0.462 e. The minimum Gasteiger partial charge on any atom is -0.462 e. The van der Waals surface area contributed by atoms with Gasteiger partial charge in [0.15, 0.2) is 0 Å². The first-order valence-electron chi connectivity index (χ1n) is 14.5. The van der Waals surface area contributed by atoms with E-state index in [1.165, 1.54) is 24.8 Å². The molecule has 2 aromatic carbocycles. The summed E-state index contributed by atoms with van der Waals surface area (Å²) in [6.45, 7) is 4.11. The van der Waals surface area contributed by atoms with Gasteiger partial charge in [0.2, 0.25) is 0 Å². The number of carbonyl (C=O) groups is 1. The lowest BCUT2D eigenvalue weighted by Gasteiger charge is -2.29. The van der Waals surface area contributed by atoms with Crippen molar-refractivity contribution < 1.29 is 14.3 Å². The molecule has 1 N–H and O–H groups in total. The Kier molecular flexibility index (Phi) is 11.0. The van der Waals surface area contributed by atoms with Crippen molar-refractivity contribution in [2.45, 2.75) is 38.1 Å². The molecule has 3 aromatic rings. The van der Waals surface area contributed by atoms with E-state index in [2.05, 4.69) is 27.3 Å². The van der Waals surface area contributed by atoms with Crippen LogP contribution in [0.3, 0.4) is 0 Å². The molecule has 1 saturated heterocycles. The van der Waals surface area contributed by atoms with Crippen LogP contribution in [0.15, 0.2) is 89.3 Å². The van der Waals surface area contributed by atoms with Crippen LogP contribution in [0.25, 0.3) is 0 Å². The quantitative estimate of drug-likeness (QED) is 0.190. The molecule has 1 fully saturated rings. The molecule has 2 aliphatic rings. The van der Waals surface area contributed by atoms with E-state index < -0.39 is 12.0 Å². The summed E-state index contributed by atoms with van der Waals surface area (Å²) in [6, 6.07) is 18.6. The third-order valence-corrected chi connectivity index (χ3v) is 8.23. The van der Waals surface area contributed by atoms with Crippen molar-refractivity contribution in [2.24, 2.45) is 4.99 Å². The molecule has 0 bridgehead atoms. The number of nitrogens with one attached hydrogen (secondary N) is 1. The third-order valence-electron chi connectivity index (χ3n) is 7.49. The average molecular weight is 608 g/mol. The fourth-order valence-electron chi connectivity index (χ4n) is 5.24. The van der Waals surface area contributed by atoms with Gasteiger partial charge in [-0.2, -0.15) is 0 Å². The summed E-state index contributed by atoms with van der Waals surface area (Å²) in [5, 5.41) is 4.21. The van der Waals surface area contributed by atoms with Crippen molar-refractivity contribution in [3.63, 3.8) is 0 Å². The van der Waals surface area contributed by atoms with E-state index in [1.54, 1.807) is 24.5 Å². The first-order valence-corrected chi connectivity index (χ1v) is 15.3. The van der Waals surface area contributed by atoms with E-state index in [1.807, 2.05) is 36.4 Å². The summed E-state index contributed by atoms with van der Waals surface area (Å²) in [6.07, 6.45) is 8.69. The number of carbonyl (C=O) groups excluding carboxylic acids is 1. The maximum atomic E-state index is 13.8. The van der Waals surface area contributed by atoms with Crippen molar-refractivity contribution in [1.82, 2.24) is 15.2 Å². The highest BCUT2D eigenvalue weighted by Crippen LogP contribution is 2.35. The summed E-state index contributed by atoms with van der Waals surface area (Å²) in [5.74, 6) is 0.183. The maximum absolute atomic E-state index is 13.8. The van der Waals surface area contributed by atoms with Crippen LogP contribution < -0.4 is 5.32 Å². The molecular formula is C33H36Cl2N4O3. The number of hydrogen-bond donors (Lipinski definition) is 1. The molecule has 0 aliphatic carbocycles. The number of rotatable bonds is 12. The van der Waals surface area contributed by atoms with E-state index in [9.17, 15) is 4.79 Å². The van der Waals surface area contributed by atoms with E-state index in [-0.39, 0.29) is 13.2 Å². The SMILES string of the molecule is O=C(OCCCc1ccccc1)C1=C(COCCN2CCCCC2)NC(c2ccncc2)=NC1c1ccc(Cl)c(Cl)c1. The second kappa shape index (κ2) is 15.3. The first-order chi connectivity index (χ1) is 20.6. The Morgan fingerprint density at radius 2 is 1.74 bits per heavy atom. The minimum atomic E-state index is -0.661. The number of esters is 1. The molecule has 0 spiro atoms. The highest BCUT2D eigenvalue weighted by molar-refractivity contribution is 6.42. The fraction of sp³-hybridized carbons (Fsp3) is 0.364. The van der Waals surface area contributed by atoms with Crippen molar-refractivity contribution in [3.8, 4) is 0 Å². The van der Waals surface area contributed by atoms with Gasteiger partial charge in [-0.3, -0.25) is 9.98 Å². The van der Waals surface area contributed by atoms with Crippen LogP contribution in [-0.4, -0.2) is 61.1 Å². The number of piperidine rings is 1. The molecule has 0 amide bonds. The van der Waals surface area contributed by atoms with Crippen molar-refractivity contribution >= 4 is 35.0 Å². The van der Waals surface area contributed by atoms with Gasteiger partial charge in [0, 0.05) is 24.5 Å². The summed E-state index contributed by atoms with van der Waals surface area (Å²) in [7, 11) is 0. The number of amidine groups is 1. The Morgan fingerprint density at radius 3 is 2.50 bits per heavy atom. The second-order valence-corrected chi connectivity index (χ2v) is 11.3. The first kappa shape index (κ1) is 30.2. The highest BCUT2D eigenvalue weighted by Gasteiger charge is 2.33. The molecule has 42 heavy (non-hydrogen) atoms. The molecule has 5 rings (SSSR count). The van der Waals surface area contributed by atoms with Gasteiger partial charge in [-0.1, -0.05) is 66.0 Å². The summed E-state index contributed by atoms with van der Waals surface area (Å²) in [4.78, 5) is 25.3. The van der Waals surface area contributed by atoms with Crippen LogP contribution in [0.1, 0.15) is 48.4 Å².